The second-order valence-electron chi connectivity index (χ2n) is 5.67. The first-order chi connectivity index (χ1) is 9.02. The number of hydrogen-bond donors (Lipinski definition) is 2. The van der Waals surface area contributed by atoms with Crippen molar-refractivity contribution in [2.75, 3.05) is 27.2 Å². The zero-order valence-corrected chi connectivity index (χ0v) is 12.5. The van der Waals surface area contributed by atoms with Crippen molar-refractivity contribution in [3.05, 3.63) is 0 Å². The van der Waals surface area contributed by atoms with Gasteiger partial charge in [0.2, 0.25) is 5.91 Å². The molecular formula is C14H28N4O. The summed E-state index contributed by atoms with van der Waals surface area (Å²) in [6, 6.07) is 0. The van der Waals surface area contributed by atoms with Gasteiger partial charge in [-0.25, -0.2) is 0 Å². The van der Waals surface area contributed by atoms with Crippen molar-refractivity contribution < 1.29 is 4.79 Å². The highest BCUT2D eigenvalue weighted by Gasteiger charge is 2.41. The number of amides is 1. The summed E-state index contributed by atoms with van der Waals surface area (Å²) in [7, 11) is 3.63. The molecule has 0 spiro atoms. The van der Waals surface area contributed by atoms with Gasteiger partial charge in [0.05, 0.1) is 12.0 Å². The van der Waals surface area contributed by atoms with Crippen LogP contribution in [0, 0.1) is 5.41 Å². The van der Waals surface area contributed by atoms with Crippen LogP contribution in [0.25, 0.3) is 0 Å². The van der Waals surface area contributed by atoms with Crippen LogP contribution < -0.4 is 11.1 Å². The third-order valence-corrected chi connectivity index (χ3v) is 3.81. The minimum Gasteiger partial charge on any atom is -0.370 e. The highest BCUT2D eigenvalue weighted by Crippen LogP contribution is 2.39. The van der Waals surface area contributed by atoms with Crippen molar-refractivity contribution in [3.63, 3.8) is 0 Å². The van der Waals surface area contributed by atoms with E-state index in [4.69, 9.17) is 5.73 Å². The van der Waals surface area contributed by atoms with E-state index >= 15 is 0 Å². The summed E-state index contributed by atoms with van der Waals surface area (Å²) in [5.74, 6) is 0.654. The molecule has 0 saturated heterocycles. The summed E-state index contributed by atoms with van der Waals surface area (Å²) < 4.78 is 0. The van der Waals surface area contributed by atoms with Crippen molar-refractivity contribution in [1.82, 2.24) is 10.2 Å². The zero-order valence-electron chi connectivity index (χ0n) is 12.5. The quantitative estimate of drug-likeness (QED) is 0.434. The van der Waals surface area contributed by atoms with E-state index in [-0.39, 0.29) is 11.3 Å². The fourth-order valence-electron chi connectivity index (χ4n) is 2.65. The Morgan fingerprint density at radius 3 is 2.53 bits per heavy atom. The Kier molecular flexibility index (Phi) is 6.12. The van der Waals surface area contributed by atoms with E-state index < -0.39 is 0 Å². The number of guanidine groups is 1. The predicted octanol–water partition coefficient (Wildman–Crippen LogP) is 1.34. The fourth-order valence-corrected chi connectivity index (χ4v) is 2.65. The van der Waals surface area contributed by atoms with E-state index in [0.717, 1.165) is 45.1 Å². The maximum Gasteiger partial charge on any atom is 0.230 e. The molecule has 1 aliphatic carbocycles. The van der Waals surface area contributed by atoms with Gasteiger partial charge in [0.25, 0.3) is 0 Å². The van der Waals surface area contributed by atoms with Crippen LogP contribution in [0.2, 0.25) is 0 Å². The van der Waals surface area contributed by atoms with Crippen LogP contribution in [-0.4, -0.2) is 44.0 Å². The van der Waals surface area contributed by atoms with Gasteiger partial charge in [-0.3, -0.25) is 9.79 Å². The van der Waals surface area contributed by atoms with E-state index in [2.05, 4.69) is 17.2 Å². The molecule has 1 saturated carbocycles. The summed E-state index contributed by atoms with van der Waals surface area (Å²) in [5, 5.41) is 3.10. The highest BCUT2D eigenvalue weighted by molar-refractivity contribution is 5.84. The number of nitrogens with two attached hydrogens (primary N) is 1. The molecule has 0 aromatic rings. The van der Waals surface area contributed by atoms with E-state index in [1.807, 2.05) is 14.1 Å². The molecule has 1 aliphatic rings. The molecule has 0 aliphatic heterocycles. The van der Waals surface area contributed by atoms with Crippen LogP contribution in [0.15, 0.2) is 4.99 Å². The Morgan fingerprint density at radius 2 is 2.00 bits per heavy atom. The topological polar surface area (TPSA) is 70.7 Å². The Bertz CT molecular complexity index is 319. The van der Waals surface area contributed by atoms with Gasteiger partial charge in [-0.2, -0.15) is 0 Å². The lowest BCUT2D eigenvalue weighted by atomic mass is 9.85. The van der Waals surface area contributed by atoms with Crippen molar-refractivity contribution in [2.24, 2.45) is 16.1 Å². The number of hydrogen-bond acceptors (Lipinski definition) is 2. The van der Waals surface area contributed by atoms with E-state index in [1.54, 1.807) is 4.90 Å². The van der Waals surface area contributed by atoms with Gasteiger partial charge in [0, 0.05) is 20.6 Å². The lowest BCUT2D eigenvalue weighted by molar-refractivity contribution is -0.138. The molecule has 1 amide bonds. The molecule has 1 fully saturated rings. The van der Waals surface area contributed by atoms with E-state index in [0.29, 0.717) is 12.5 Å². The standard InChI is InChI=1S/C14H28N4O/c1-4-5-10-16-13(15)17-11-14(8-6-7-9-14)12(19)18(2)3/h4-11H2,1-3H3,(H3,15,16,17). The average Bonchev–Trinajstić information content (AvgIpc) is 2.85. The minimum absolute atomic E-state index is 0.190. The van der Waals surface area contributed by atoms with Gasteiger partial charge in [0.15, 0.2) is 5.96 Å². The predicted molar refractivity (Wildman–Crippen MR) is 79.0 cm³/mol. The molecule has 110 valence electrons. The molecule has 0 aromatic carbocycles. The largest absolute Gasteiger partial charge is 0.370 e. The Balaban J connectivity index is 2.59. The number of carbonyl (C=O) groups excluding carboxylic acids is 1. The molecule has 0 aromatic heterocycles. The Morgan fingerprint density at radius 1 is 1.37 bits per heavy atom. The summed E-state index contributed by atoms with van der Waals surface area (Å²) in [6.07, 6.45) is 6.28. The molecule has 1 rings (SSSR count). The monoisotopic (exact) mass is 268 g/mol. The zero-order chi connectivity index (χ0) is 14.3. The Hall–Kier alpha value is -1.26. The highest BCUT2D eigenvalue weighted by atomic mass is 16.2. The third-order valence-electron chi connectivity index (χ3n) is 3.81. The number of carbonyl (C=O) groups is 1. The smallest absolute Gasteiger partial charge is 0.230 e. The molecule has 5 nitrogen and oxygen atoms in total. The lowest BCUT2D eigenvalue weighted by Gasteiger charge is -2.29. The summed E-state index contributed by atoms with van der Waals surface area (Å²) >= 11 is 0. The summed E-state index contributed by atoms with van der Waals surface area (Å²) in [5.41, 5.74) is 5.52. The maximum absolute atomic E-state index is 12.3. The second-order valence-corrected chi connectivity index (χ2v) is 5.67. The Labute approximate surface area is 116 Å². The third kappa shape index (κ3) is 4.40. The van der Waals surface area contributed by atoms with Gasteiger partial charge in [0.1, 0.15) is 0 Å². The van der Waals surface area contributed by atoms with Gasteiger partial charge in [-0.05, 0) is 19.3 Å². The van der Waals surface area contributed by atoms with Crippen LogP contribution in [0.4, 0.5) is 0 Å². The SMILES string of the molecule is CCCCNC(N)=NCC1(C(=O)N(C)C)CCCC1. The number of aliphatic imine (C=N–C) groups is 1. The molecule has 0 unspecified atom stereocenters. The second kappa shape index (κ2) is 7.36. The van der Waals surface area contributed by atoms with Crippen LogP contribution in [0.5, 0.6) is 0 Å². The first-order valence-corrected chi connectivity index (χ1v) is 7.27. The maximum atomic E-state index is 12.3. The molecule has 0 heterocycles. The normalized spacial score (nSPS) is 18.4. The minimum atomic E-state index is -0.319. The van der Waals surface area contributed by atoms with E-state index in [1.165, 1.54) is 0 Å². The fraction of sp³-hybridized carbons (Fsp3) is 0.857. The van der Waals surface area contributed by atoms with E-state index in [9.17, 15) is 4.79 Å². The number of rotatable bonds is 6. The summed E-state index contributed by atoms with van der Waals surface area (Å²) in [4.78, 5) is 18.4. The van der Waals surface area contributed by atoms with Gasteiger partial charge in [-0.15, -0.1) is 0 Å². The van der Waals surface area contributed by atoms with Gasteiger partial charge >= 0.3 is 0 Å². The van der Waals surface area contributed by atoms with Crippen LogP contribution in [-0.2, 0) is 4.79 Å². The molecular weight excluding hydrogens is 240 g/mol. The molecule has 5 heteroatoms. The molecule has 0 bridgehead atoms. The van der Waals surface area contributed by atoms with Crippen LogP contribution >= 0.6 is 0 Å². The van der Waals surface area contributed by atoms with Crippen LogP contribution in [0.3, 0.4) is 0 Å². The molecule has 3 N–H and O–H groups in total. The molecule has 0 radical (unpaired) electrons. The molecule has 19 heavy (non-hydrogen) atoms. The van der Waals surface area contributed by atoms with Crippen molar-refractivity contribution in [1.29, 1.82) is 0 Å². The first kappa shape index (κ1) is 15.8. The first-order valence-electron chi connectivity index (χ1n) is 7.27. The number of unbranched alkanes of at least 4 members (excludes halogenated alkanes) is 1. The lowest BCUT2D eigenvalue weighted by Crippen LogP contribution is -2.42. The average molecular weight is 268 g/mol. The van der Waals surface area contributed by atoms with Gasteiger partial charge in [-0.1, -0.05) is 26.2 Å². The van der Waals surface area contributed by atoms with Crippen LogP contribution in [0.1, 0.15) is 45.4 Å². The van der Waals surface area contributed by atoms with Gasteiger partial charge < -0.3 is 16.0 Å². The molecule has 0 atom stereocenters. The van der Waals surface area contributed by atoms with Crippen molar-refractivity contribution in [3.8, 4) is 0 Å². The summed E-state index contributed by atoms with van der Waals surface area (Å²) in [6.45, 7) is 3.49. The van der Waals surface area contributed by atoms with Crippen molar-refractivity contribution >= 4 is 11.9 Å². The van der Waals surface area contributed by atoms with Crippen molar-refractivity contribution in [2.45, 2.75) is 45.4 Å². The number of nitrogens with one attached hydrogen (secondary N) is 1. The number of nitrogens with zero attached hydrogens (tertiary/aromatic N) is 2.